The average Bonchev–Trinajstić information content (AvgIpc) is 2.86. The van der Waals surface area contributed by atoms with Crippen LogP contribution in [-0.4, -0.2) is 29.5 Å². The molecule has 3 N–H and O–H groups in total. The van der Waals surface area contributed by atoms with E-state index in [1.165, 1.54) is 0 Å². The summed E-state index contributed by atoms with van der Waals surface area (Å²) in [5.41, 5.74) is 8.53. The number of hydrogen-bond acceptors (Lipinski definition) is 8. The normalized spacial score (nSPS) is 10.9. The van der Waals surface area contributed by atoms with Crippen LogP contribution >= 0.6 is 0 Å². The van der Waals surface area contributed by atoms with E-state index in [2.05, 4.69) is 36.3 Å². The minimum absolute atomic E-state index is 0.305. The maximum absolute atomic E-state index is 5.42. The minimum Gasteiger partial charge on any atom is -0.495 e. The molecule has 0 bridgehead atoms. The number of nitrogens with zero attached hydrogens (tertiary/aromatic N) is 4. The molecule has 164 valence electrons. The molecule has 1 aromatic heterocycles. The lowest BCUT2D eigenvalue weighted by Crippen LogP contribution is -2.04. The van der Waals surface area contributed by atoms with Crippen molar-refractivity contribution in [3.8, 4) is 5.75 Å². The Labute approximate surface area is 192 Å². The van der Waals surface area contributed by atoms with E-state index < -0.39 is 0 Å². The van der Waals surface area contributed by atoms with Crippen LogP contribution in [0.5, 0.6) is 5.75 Å². The summed E-state index contributed by atoms with van der Waals surface area (Å²) in [5.74, 6) is 2.04. The van der Waals surface area contributed by atoms with Gasteiger partial charge in [-0.3, -0.25) is 5.43 Å². The Morgan fingerprint density at radius 2 is 1.27 bits per heavy atom. The zero-order chi connectivity index (χ0) is 22.7. The van der Waals surface area contributed by atoms with E-state index >= 15 is 0 Å². The number of benzene rings is 3. The molecular weight excluding hydrogens is 414 g/mol. The maximum Gasteiger partial charge on any atom is 0.247 e. The summed E-state index contributed by atoms with van der Waals surface area (Å²) in [4.78, 5) is 8.95. The molecular formula is C25H23N7O. The Morgan fingerprint density at radius 3 is 1.94 bits per heavy atom. The van der Waals surface area contributed by atoms with Gasteiger partial charge in [0.2, 0.25) is 5.95 Å². The number of anilines is 4. The molecule has 0 aliphatic rings. The van der Waals surface area contributed by atoms with E-state index in [-0.39, 0.29) is 0 Å². The summed E-state index contributed by atoms with van der Waals surface area (Å²) in [6.07, 6.45) is 3.42. The third-order valence-electron chi connectivity index (χ3n) is 4.47. The van der Waals surface area contributed by atoms with Crippen molar-refractivity contribution in [1.29, 1.82) is 0 Å². The molecule has 0 saturated heterocycles. The third kappa shape index (κ3) is 6.38. The highest BCUT2D eigenvalue weighted by atomic mass is 16.5. The van der Waals surface area contributed by atoms with Gasteiger partial charge < -0.3 is 10.1 Å². The average molecular weight is 438 g/mol. The first-order valence-electron chi connectivity index (χ1n) is 10.3. The molecule has 0 amide bonds. The number of hydrazone groups is 2. The van der Waals surface area contributed by atoms with Gasteiger partial charge in [0.1, 0.15) is 11.6 Å². The van der Waals surface area contributed by atoms with Gasteiger partial charge >= 0.3 is 0 Å². The first-order chi connectivity index (χ1) is 16.3. The summed E-state index contributed by atoms with van der Waals surface area (Å²) >= 11 is 0. The van der Waals surface area contributed by atoms with Gasteiger partial charge in [-0.15, -0.1) is 0 Å². The molecule has 1 heterocycles. The minimum atomic E-state index is 0.305. The summed E-state index contributed by atoms with van der Waals surface area (Å²) in [7, 11) is 1.62. The SMILES string of the molecule is COc1ccccc1Nc1cc(NN=Cc2ccccc2)nc(NN=Cc2ccccc2)n1. The molecule has 0 aliphatic heterocycles. The van der Waals surface area contributed by atoms with Gasteiger partial charge in [-0.05, 0) is 23.3 Å². The molecule has 0 fully saturated rings. The van der Waals surface area contributed by atoms with Crippen molar-refractivity contribution >= 4 is 35.7 Å². The molecule has 8 heteroatoms. The van der Waals surface area contributed by atoms with Crippen LogP contribution in [0.1, 0.15) is 11.1 Å². The first-order valence-corrected chi connectivity index (χ1v) is 10.3. The van der Waals surface area contributed by atoms with Crippen molar-refractivity contribution in [3.63, 3.8) is 0 Å². The van der Waals surface area contributed by atoms with Gasteiger partial charge in [0, 0.05) is 6.07 Å². The van der Waals surface area contributed by atoms with Crippen molar-refractivity contribution in [3.05, 3.63) is 102 Å². The fourth-order valence-electron chi connectivity index (χ4n) is 2.92. The topological polar surface area (TPSA) is 95.8 Å². The van der Waals surface area contributed by atoms with Crippen LogP contribution in [0, 0.1) is 0 Å². The van der Waals surface area contributed by atoms with Crippen LogP contribution in [-0.2, 0) is 0 Å². The van der Waals surface area contributed by atoms with Gasteiger partial charge in [-0.25, -0.2) is 5.43 Å². The lowest BCUT2D eigenvalue weighted by Gasteiger charge is -2.12. The standard InChI is InChI=1S/C25H23N7O/c1-33-22-15-9-8-14-21(22)28-23-16-24(31-26-17-19-10-4-2-5-11-19)30-25(29-23)32-27-18-20-12-6-3-7-13-20/h2-18H,1H3,(H3,28,29,30,31,32). The van der Waals surface area contributed by atoms with Crippen molar-refractivity contribution < 1.29 is 4.74 Å². The molecule has 0 saturated carbocycles. The van der Waals surface area contributed by atoms with Crippen molar-refractivity contribution in [1.82, 2.24) is 9.97 Å². The Balaban J connectivity index is 1.56. The lowest BCUT2D eigenvalue weighted by atomic mass is 10.2. The van der Waals surface area contributed by atoms with E-state index in [0.29, 0.717) is 23.3 Å². The maximum atomic E-state index is 5.42. The van der Waals surface area contributed by atoms with Gasteiger partial charge in [-0.2, -0.15) is 20.2 Å². The second-order valence-corrected chi connectivity index (χ2v) is 6.85. The Kier molecular flexibility index (Phi) is 7.21. The first kappa shape index (κ1) is 21.5. The number of nitrogens with one attached hydrogen (secondary N) is 3. The van der Waals surface area contributed by atoms with Gasteiger partial charge in [-0.1, -0.05) is 72.8 Å². The van der Waals surface area contributed by atoms with Crippen LogP contribution < -0.4 is 20.9 Å². The molecule has 8 nitrogen and oxygen atoms in total. The van der Waals surface area contributed by atoms with Crippen LogP contribution in [0.15, 0.2) is 101 Å². The van der Waals surface area contributed by atoms with Gasteiger partial charge in [0.15, 0.2) is 5.82 Å². The smallest absolute Gasteiger partial charge is 0.247 e. The highest BCUT2D eigenvalue weighted by Gasteiger charge is 2.07. The highest BCUT2D eigenvalue weighted by Crippen LogP contribution is 2.27. The Hall–Kier alpha value is -4.72. The molecule has 4 rings (SSSR count). The Morgan fingerprint density at radius 1 is 0.697 bits per heavy atom. The van der Waals surface area contributed by atoms with Gasteiger partial charge in [0.05, 0.1) is 25.2 Å². The molecule has 0 radical (unpaired) electrons. The van der Waals surface area contributed by atoms with E-state index in [1.54, 1.807) is 25.6 Å². The van der Waals surface area contributed by atoms with Gasteiger partial charge in [0.25, 0.3) is 0 Å². The third-order valence-corrected chi connectivity index (χ3v) is 4.47. The fraction of sp³-hybridized carbons (Fsp3) is 0.0400. The second kappa shape index (κ2) is 11.1. The molecule has 0 spiro atoms. The number of hydrogen-bond donors (Lipinski definition) is 3. The summed E-state index contributed by atoms with van der Waals surface area (Å²) < 4.78 is 5.42. The molecule has 33 heavy (non-hydrogen) atoms. The number of ether oxygens (including phenoxy) is 1. The lowest BCUT2D eigenvalue weighted by molar-refractivity contribution is 0.417. The molecule has 4 aromatic rings. The fourth-order valence-corrected chi connectivity index (χ4v) is 2.92. The van der Waals surface area contributed by atoms with Crippen LogP contribution in [0.4, 0.5) is 23.3 Å². The van der Waals surface area contributed by atoms with Crippen LogP contribution in [0.3, 0.4) is 0 Å². The van der Waals surface area contributed by atoms with E-state index in [1.807, 2.05) is 84.9 Å². The van der Waals surface area contributed by atoms with Crippen molar-refractivity contribution in [2.75, 3.05) is 23.3 Å². The van der Waals surface area contributed by atoms with Crippen molar-refractivity contribution in [2.45, 2.75) is 0 Å². The highest BCUT2D eigenvalue weighted by molar-refractivity contribution is 5.80. The molecule has 0 unspecified atom stereocenters. The van der Waals surface area contributed by atoms with E-state index in [0.717, 1.165) is 16.8 Å². The zero-order valence-corrected chi connectivity index (χ0v) is 18.0. The van der Waals surface area contributed by atoms with Crippen molar-refractivity contribution in [2.24, 2.45) is 10.2 Å². The van der Waals surface area contributed by atoms with E-state index in [4.69, 9.17) is 4.74 Å². The number of para-hydroxylation sites is 2. The van der Waals surface area contributed by atoms with E-state index in [9.17, 15) is 0 Å². The Bertz CT molecular complexity index is 1160. The van der Waals surface area contributed by atoms with Crippen LogP contribution in [0.2, 0.25) is 0 Å². The number of aromatic nitrogens is 2. The number of rotatable bonds is 9. The predicted molar refractivity (Wildman–Crippen MR) is 134 cm³/mol. The molecule has 3 aromatic carbocycles. The zero-order valence-electron chi connectivity index (χ0n) is 18.0. The summed E-state index contributed by atoms with van der Waals surface area (Å²) in [6, 6.07) is 28.9. The van der Waals surface area contributed by atoms with Crippen LogP contribution in [0.25, 0.3) is 0 Å². The quantitative estimate of drug-likeness (QED) is 0.248. The monoisotopic (exact) mass is 437 g/mol. The number of methoxy groups -OCH3 is 1. The summed E-state index contributed by atoms with van der Waals surface area (Å²) in [6.45, 7) is 0. The second-order valence-electron chi connectivity index (χ2n) is 6.85. The predicted octanol–water partition coefficient (Wildman–Crippen LogP) is 5.12. The largest absolute Gasteiger partial charge is 0.495 e. The summed E-state index contributed by atoms with van der Waals surface area (Å²) in [5, 5.41) is 11.8. The molecule has 0 aliphatic carbocycles. The molecule has 0 atom stereocenters.